The molecule has 0 atom stereocenters. The number of rotatable bonds is 7. The van der Waals surface area contributed by atoms with Crippen molar-refractivity contribution >= 4 is 19.2 Å². The highest BCUT2D eigenvalue weighted by atomic mass is 35.6. The van der Waals surface area contributed by atoms with Crippen molar-refractivity contribution < 1.29 is 13.3 Å². The molecule has 0 saturated heterocycles. The second kappa shape index (κ2) is 6.82. The Morgan fingerprint density at radius 2 is 1.83 bits per heavy atom. The maximum Gasteiger partial charge on any atom is 0.612 e. The third kappa shape index (κ3) is 5.07. The van der Waals surface area contributed by atoms with Crippen molar-refractivity contribution in [3.63, 3.8) is 0 Å². The average Bonchev–Trinajstić information content (AvgIpc) is 2.12. The molecule has 0 fully saturated rings. The summed E-state index contributed by atoms with van der Waals surface area (Å²) in [6, 6.07) is 0. The van der Waals surface area contributed by atoms with Crippen LogP contribution >= 0.6 is 11.1 Å². The standard InChI is InChI=1S/C6H16ClNO3Si/c1-9-12(7,10-2)11-6-4-3-5-8/h3-6,8H2,1-2H3. The third-order valence-corrected chi connectivity index (χ3v) is 4.14. The molecule has 0 saturated carbocycles. The van der Waals surface area contributed by atoms with Crippen molar-refractivity contribution in [2.75, 3.05) is 27.4 Å². The zero-order valence-corrected chi connectivity index (χ0v) is 9.26. The van der Waals surface area contributed by atoms with Crippen LogP contribution in [-0.2, 0) is 13.3 Å². The Labute approximate surface area is 79.0 Å². The molecule has 0 heterocycles. The molecule has 0 aromatic rings. The Kier molecular flexibility index (Phi) is 7.02. The first kappa shape index (κ1) is 12.3. The smallest absolute Gasteiger partial charge is 0.365 e. The molecule has 0 aliphatic carbocycles. The summed E-state index contributed by atoms with van der Waals surface area (Å²) in [5.41, 5.74) is 5.30. The molecular weight excluding hydrogens is 198 g/mol. The van der Waals surface area contributed by atoms with Gasteiger partial charge in [-0.2, -0.15) is 0 Å². The Morgan fingerprint density at radius 3 is 2.25 bits per heavy atom. The SMILES string of the molecule is CO[Si](Cl)(OC)OCCCCN. The Hall–Kier alpha value is 0.347. The summed E-state index contributed by atoms with van der Waals surface area (Å²) in [5, 5.41) is 0. The van der Waals surface area contributed by atoms with Crippen LogP contribution in [0.2, 0.25) is 0 Å². The van der Waals surface area contributed by atoms with Crippen LogP contribution < -0.4 is 5.73 Å². The van der Waals surface area contributed by atoms with Gasteiger partial charge in [-0.1, -0.05) is 11.1 Å². The Bertz CT molecular complexity index is 113. The fraction of sp³-hybridized carbons (Fsp3) is 1.00. The lowest BCUT2D eigenvalue weighted by Crippen LogP contribution is -2.37. The Balaban J connectivity index is 3.45. The molecule has 0 unspecified atom stereocenters. The molecule has 6 heteroatoms. The van der Waals surface area contributed by atoms with Crippen LogP contribution in [0.5, 0.6) is 0 Å². The van der Waals surface area contributed by atoms with Crippen LogP contribution in [0.4, 0.5) is 0 Å². The molecule has 0 aliphatic heterocycles. The normalized spacial score (nSPS) is 12.0. The van der Waals surface area contributed by atoms with Gasteiger partial charge in [-0.15, -0.1) is 0 Å². The first-order chi connectivity index (χ1) is 5.68. The van der Waals surface area contributed by atoms with Gasteiger partial charge in [0.05, 0.1) is 0 Å². The van der Waals surface area contributed by atoms with Crippen LogP contribution in [0.15, 0.2) is 0 Å². The van der Waals surface area contributed by atoms with Crippen LogP contribution in [0.25, 0.3) is 0 Å². The number of hydrogen-bond acceptors (Lipinski definition) is 4. The van der Waals surface area contributed by atoms with E-state index in [4.69, 9.17) is 30.1 Å². The number of nitrogens with two attached hydrogens (primary N) is 1. The van der Waals surface area contributed by atoms with E-state index in [2.05, 4.69) is 0 Å². The van der Waals surface area contributed by atoms with Gasteiger partial charge >= 0.3 is 8.11 Å². The molecule has 0 aromatic heterocycles. The van der Waals surface area contributed by atoms with E-state index in [1.165, 1.54) is 14.2 Å². The number of hydrogen-bond donors (Lipinski definition) is 1. The zero-order chi connectivity index (χ0) is 9.45. The van der Waals surface area contributed by atoms with Crippen molar-refractivity contribution in [3.8, 4) is 0 Å². The first-order valence-electron chi connectivity index (χ1n) is 3.81. The maximum atomic E-state index is 5.83. The van der Waals surface area contributed by atoms with Crippen molar-refractivity contribution in [2.45, 2.75) is 12.8 Å². The van der Waals surface area contributed by atoms with Crippen molar-refractivity contribution in [1.29, 1.82) is 0 Å². The van der Waals surface area contributed by atoms with E-state index in [9.17, 15) is 0 Å². The van der Waals surface area contributed by atoms with E-state index in [0.29, 0.717) is 13.2 Å². The largest absolute Gasteiger partial charge is 0.612 e. The highest BCUT2D eigenvalue weighted by molar-refractivity contribution is 7.09. The monoisotopic (exact) mass is 213 g/mol. The minimum absolute atomic E-state index is 0.536. The minimum atomic E-state index is -2.82. The summed E-state index contributed by atoms with van der Waals surface area (Å²) >= 11 is 5.83. The van der Waals surface area contributed by atoms with Gasteiger partial charge in [-0.3, -0.25) is 0 Å². The van der Waals surface area contributed by atoms with Gasteiger partial charge < -0.3 is 19.0 Å². The summed E-state index contributed by atoms with van der Waals surface area (Å²) in [7, 11) is 0.140. The van der Waals surface area contributed by atoms with E-state index < -0.39 is 8.11 Å². The van der Waals surface area contributed by atoms with Crippen LogP contribution in [0, 0.1) is 0 Å². The molecule has 2 N–H and O–H groups in total. The summed E-state index contributed by atoms with van der Waals surface area (Å²) in [6.45, 7) is 1.20. The van der Waals surface area contributed by atoms with Crippen molar-refractivity contribution in [2.24, 2.45) is 5.73 Å². The molecule has 0 rings (SSSR count). The molecule has 0 amide bonds. The average molecular weight is 214 g/mol. The van der Waals surface area contributed by atoms with Gasteiger partial charge in [-0.25, -0.2) is 0 Å². The van der Waals surface area contributed by atoms with E-state index in [1.807, 2.05) is 0 Å². The van der Waals surface area contributed by atoms with Crippen LogP contribution in [0.1, 0.15) is 12.8 Å². The molecule has 0 spiro atoms. The first-order valence-corrected chi connectivity index (χ1v) is 6.55. The van der Waals surface area contributed by atoms with Gasteiger partial charge in [0.2, 0.25) is 0 Å². The van der Waals surface area contributed by atoms with E-state index >= 15 is 0 Å². The molecule has 0 aromatic carbocycles. The van der Waals surface area contributed by atoms with Crippen molar-refractivity contribution in [1.82, 2.24) is 0 Å². The number of unbranched alkanes of at least 4 members (excludes halogenated alkanes) is 1. The molecule has 0 radical (unpaired) electrons. The summed E-state index contributed by atoms with van der Waals surface area (Å²) in [6.07, 6.45) is 1.81. The van der Waals surface area contributed by atoms with Gasteiger partial charge in [0.25, 0.3) is 0 Å². The summed E-state index contributed by atoms with van der Waals surface area (Å²) in [4.78, 5) is 0. The highest BCUT2D eigenvalue weighted by Gasteiger charge is 2.36. The second-order valence-corrected chi connectivity index (χ2v) is 5.69. The van der Waals surface area contributed by atoms with Gasteiger partial charge in [0.15, 0.2) is 0 Å². The second-order valence-electron chi connectivity index (χ2n) is 2.23. The molecule has 74 valence electrons. The molecule has 12 heavy (non-hydrogen) atoms. The van der Waals surface area contributed by atoms with Gasteiger partial charge in [0.1, 0.15) is 0 Å². The van der Waals surface area contributed by atoms with Crippen LogP contribution in [0.3, 0.4) is 0 Å². The van der Waals surface area contributed by atoms with Gasteiger partial charge in [0, 0.05) is 20.8 Å². The molecule has 0 bridgehead atoms. The Morgan fingerprint density at radius 1 is 1.25 bits per heavy atom. The lowest BCUT2D eigenvalue weighted by atomic mass is 10.3. The molecular formula is C6H16ClNO3Si. The lowest BCUT2D eigenvalue weighted by Gasteiger charge is -2.18. The quantitative estimate of drug-likeness (QED) is 0.385. The third-order valence-electron chi connectivity index (χ3n) is 1.36. The topological polar surface area (TPSA) is 53.7 Å². The summed E-state index contributed by atoms with van der Waals surface area (Å²) in [5.74, 6) is 0. The lowest BCUT2D eigenvalue weighted by molar-refractivity contribution is 0.121. The molecule has 4 nitrogen and oxygen atoms in total. The maximum absolute atomic E-state index is 5.83. The fourth-order valence-electron chi connectivity index (χ4n) is 0.642. The van der Waals surface area contributed by atoms with E-state index in [0.717, 1.165) is 12.8 Å². The minimum Gasteiger partial charge on any atom is -0.365 e. The van der Waals surface area contributed by atoms with Crippen LogP contribution in [-0.4, -0.2) is 35.5 Å². The zero-order valence-electron chi connectivity index (χ0n) is 7.51. The number of halogens is 1. The highest BCUT2D eigenvalue weighted by Crippen LogP contribution is 2.12. The predicted octanol–water partition coefficient (Wildman–Crippen LogP) is 0.709. The van der Waals surface area contributed by atoms with E-state index in [1.54, 1.807) is 0 Å². The van der Waals surface area contributed by atoms with Crippen molar-refractivity contribution in [3.05, 3.63) is 0 Å². The van der Waals surface area contributed by atoms with Gasteiger partial charge in [-0.05, 0) is 19.4 Å². The summed E-state index contributed by atoms with van der Waals surface area (Å²) < 4.78 is 15.0. The van der Waals surface area contributed by atoms with E-state index in [-0.39, 0.29) is 0 Å². The predicted molar refractivity (Wildman–Crippen MR) is 49.9 cm³/mol. The molecule has 0 aliphatic rings. The fourth-order valence-corrected chi connectivity index (χ4v) is 1.66.